The fourth-order valence-electron chi connectivity index (χ4n) is 3.72. The van der Waals surface area contributed by atoms with Crippen LogP contribution in [-0.2, 0) is 11.3 Å². The van der Waals surface area contributed by atoms with E-state index in [0.29, 0.717) is 19.0 Å². The van der Waals surface area contributed by atoms with Gasteiger partial charge in [0, 0.05) is 35.2 Å². The van der Waals surface area contributed by atoms with Crippen LogP contribution in [0.2, 0.25) is 0 Å². The molecule has 0 aliphatic carbocycles. The largest absolute Gasteiger partial charge is 0.480 e. The third kappa shape index (κ3) is 8.13. The first-order valence-corrected chi connectivity index (χ1v) is 12.3. The highest BCUT2D eigenvalue weighted by Crippen LogP contribution is 2.21. The summed E-state index contributed by atoms with van der Waals surface area (Å²) in [7, 11) is 4.16. The molecule has 0 spiro atoms. The first kappa shape index (κ1) is 26.8. The summed E-state index contributed by atoms with van der Waals surface area (Å²) in [6.07, 6.45) is 4.18. The minimum atomic E-state index is -0.149. The predicted octanol–water partition coefficient (Wildman–Crippen LogP) is 5.54. The lowest BCUT2D eigenvalue weighted by Crippen LogP contribution is -2.22. The van der Waals surface area contributed by atoms with E-state index in [2.05, 4.69) is 54.3 Å². The number of benzene rings is 2. The zero-order valence-electron chi connectivity index (χ0n) is 21.8. The quantitative estimate of drug-likeness (QED) is 0.309. The summed E-state index contributed by atoms with van der Waals surface area (Å²) in [5.74, 6) is 0.486. The van der Waals surface area contributed by atoms with E-state index in [9.17, 15) is 4.79 Å². The van der Waals surface area contributed by atoms with Gasteiger partial charge in [-0.25, -0.2) is 4.68 Å². The van der Waals surface area contributed by atoms with E-state index in [-0.39, 0.29) is 5.56 Å². The minimum absolute atomic E-state index is 0.149. The number of anilines is 2. The van der Waals surface area contributed by atoms with Crippen molar-refractivity contribution in [1.29, 1.82) is 0 Å². The minimum Gasteiger partial charge on any atom is -0.480 e. The molecule has 0 bridgehead atoms. The van der Waals surface area contributed by atoms with E-state index < -0.39 is 0 Å². The molecule has 7 nitrogen and oxygen atoms in total. The van der Waals surface area contributed by atoms with Crippen molar-refractivity contribution < 1.29 is 4.74 Å². The van der Waals surface area contributed by atoms with Crippen molar-refractivity contribution in [3.8, 4) is 11.3 Å². The highest BCUT2D eigenvalue weighted by atomic mass is 16.5. The van der Waals surface area contributed by atoms with Gasteiger partial charge in [-0.05, 0) is 76.3 Å². The number of allylic oxidation sites excluding steroid dienone is 1. The van der Waals surface area contributed by atoms with Gasteiger partial charge in [-0.15, -0.1) is 0 Å². The third-order valence-corrected chi connectivity index (χ3v) is 5.49. The average molecular weight is 488 g/mol. The van der Waals surface area contributed by atoms with Gasteiger partial charge in [0.15, 0.2) is 5.88 Å². The second-order valence-electron chi connectivity index (χ2n) is 8.79. The highest BCUT2D eigenvalue weighted by molar-refractivity contribution is 5.63. The second-order valence-corrected chi connectivity index (χ2v) is 8.79. The molecule has 1 heterocycles. The van der Waals surface area contributed by atoms with Gasteiger partial charge in [-0.3, -0.25) is 4.79 Å². The molecular weight excluding hydrogens is 450 g/mol. The van der Waals surface area contributed by atoms with Crippen molar-refractivity contribution >= 4 is 11.4 Å². The summed E-state index contributed by atoms with van der Waals surface area (Å²) in [5.41, 5.74) is 5.59. The SMILES string of the molecule is C=C(Nc1cccc(Cn2nc(-c3ccc(NC(=CCC)CCN(C)C)cc3)ccc2=O)c1)OCC. The van der Waals surface area contributed by atoms with E-state index in [4.69, 9.17) is 4.74 Å². The zero-order valence-corrected chi connectivity index (χ0v) is 21.8. The summed E-state index contributed by atoms with van der Waals surface area (Å²) in [6, 6.07) is 19.3. The molecule has 7 heteroatoms. The van der Waals surface area contributed by atoms with E-state index in [1.807, 2.05) is 55.5 Å². The van der Waals surface area contributed by atoms with Gasteiger partial charge in [-0.2, -0.15) is 5.10 Å². The Bertz CT molecular complexity index is 1230. The molecule has 2 N–H and O–H groups in total. The summed E-state index contributed by atoms with van der Waals surface area (Å²) in [5, 5.41) is 11.3. The lowest BCUT2D eigenvalue weighted by Gasteiger charge is -2.15. The Labute approximate surface area is 214 Å². The number of rotatable bonds is 13. The van der Waals surface area contributed by atoms with Crippen molar-refractivity contribution in [2.75, 3.05) is 37.9 Å². The van der Waals surface area contributed by atoms with Gasteiger partial charge in [0.2, 0.25) is 0 Å². The molecule has 0 atom stereocenters. The predicted molar refractivity (Wildman–Crippen MR) is 149 cm³/mol. The van der Waals surface area contributed by atoms with Crippen LogP contribution in [0.15, 0.2) is 89.7 Å². The summed E-state index contributed by atoms with van der Waals surface area (Å²) in [4.78, 5) is 14.7. The molecule has 1 aromatic heterocycles. The van der Waals surface area contributed by atoms with Gasteiger partial charge in [0.25, 0.3) is 5.56 Å². The molecule has 36 heavy (non-hydrogen) atoms. The van der Waals surface area contributed by atoms with Crippen LogP contribution in [0.1, 0.15) is 32.3 Å². The fraction of sp³-hybridized carbons (Fsp3) is 0.310. The van der Waals surface area contributed by atoms with Crippen molar-refractivity contribution in [1.82, 2.24) is 14.7 Å². The van der Waals surface area contributed by atoms with E-state index in [1.54, 1.807) is 12.1 Å². The Hall–Kier alpha value is -3.84. The van der Waals surface area contributed by atoms with Crippen molar-refractivity contribution in [2.24, 2.45) is 0 Å². The van der Waals surface area contributed by atoms with E-state index in [1.165, 1.54) is 10.4 Å². The van der Waals surface area contributed by atoms with Gasteiger partial charge < -0.3 is 20.3 Å². The van der Waals surface area contributed by atoms with Gasteiger partial charge in [0.05, 0.1) is 18.8 Å². The monoisotopic (exact) mass is 487 g/mol. The maximum atomic E-state index is 12.5. The van der Waals surface area contributed by atoms with E-state index in [0.717, 1.165) is 47.6 Å². The molecule has 0 unspecified atom stereocenters. The summed E-state index contributed by atoms with van der Waals surface area (Å²) >= 11 is 0. The Kier molecular flexibility index (Phi) is 9.89. The average Bonchev–Trinajstić information content (AvgIpc) is 2.85. The molecule has 0 radical (unpaired) electrons. The standard InChI is InChI=1S/C29H37N5O2/c1-6-9-25(18-19-33(4)5)31-26-14-12-24(13-15-26)28-16-17-29(35)34(32-28)21-23-10-8-11-27(20-23)30-22(3)36-7-2/h8-17,20,30-31H,3,6-7,18-19,21H2,1-2,4-5H3. The first-order chi connectivity index (χ1) is 17.4. The normalized spacial score (nSPS) is 11.4. The van der Waals surface area contributed by atoms with Crippen LogP contribution in [0.25, 0.3) is 11.3 Å². The lowest BCUT2D eigenvalue weighted by molar-refractivity contribution is 0.236. The Morgan fingerprint density at radius 3 is 2.53 bits per heavy atom. The third-order valence-electron chi connectivity index (χ3n) is 5.49. The fourth-order valence-corrected chi connectivity index (χ4v) is 3.72. The van der Waals surface area contributed by atoms with Crippen LogP contribution in [0, 0.1) is 0 Å². The molecule has 190 valence electrons. The Morgan fingerprint density at radius 1 is 1.06 bits per heavy atom. The maximum absolute atomic E-state index is 12.5. The van der Waals surface area contributed by atoms with Crippen LogP contribution in [0.4, 0.5) is 11.4 Å². The Balaban J connectivity index is 1.73. The maximum Gasteiger partial charge on any atom is 0.267 e. The molecule has 3 rings (SSSR count). The molecular formula is C29H37N5O2. The molecule has 0 aliphatic heterocycles. The summed E-state index contributed by atoms with van der Waals surface area (Å²) < 4.78 is 6.86. The van der Waals surface area contributed by atoms with Gasteiger partial charge >= 0.3 is 0 Å². The van der Waals surface area contributed by atoms with Crippen LogP contribution in [0.3, 0.4) is 0 Å². The number of aromatic nitrogens is 2. The van der Waals surface area contributed by atoms with Crippen LogP contribution < -0.4 is 16.2 Å². The van der Waals surface area contributed by atoms with Gasteiger partial charge in [0.1, 0.15) is 0 Å². The number of ether oxygens (including phenoxy) is 1. The molecule has 2 aromatic carbocycles. The molecule has 0 saturated heterocycles. The van der Waals surface area contributed by atoms with Gasteiger partial charge in [-0.1, -0.05) is 37.3 Å². The number of hydrogen-bond donors (Lipinski definition) is 2. The second kappa shape index (κ2) is 13.3. The van der Waals surface area contributed by atoms with Crippen LogP contribution in [-0.4, -0.2) is 41.9 Å². The molecule has 3 aromatic rings. The first-order valence-electron chi connectivity index (χ1n) is 12.3. The highest BCUT2D eigenvalue weighted by Gasteiger charge is 2.07. The topological polar surface area (TPSA) is 71.4 Å². The van der Waals surface area contributed by atoms with Crippen molar-refractivity contribution in [2.45, 2.75) is 33.2 Å². The Morgan fingerprint density at radius 2 is 1.83 bits per heavy atom. The van der Waals surface area contributed by atoms with Crippen LogP contribution >= 0.6 is 0 Å². The lowest BCUT2D eigenvalue weighted by atomic mass is 10.1. The molecule has 0 saturated carbocycles. The smallest absolute Gasteiger partial charge is 0.267 e. The molecule has 0 aliphatic rings. The number of hydrogen-bond acceptors (Lipinski definition) is 6. The zero-order chi connectivity index (χ0) is 25.9. The van der Waals surface area contributed by atoms with Crippen LogP contribution in [0.5, 0.6) is 0 Å². The van der Waals surface area contributed by atoms with Crippen molar-refractivity contribution in [3.63, 3.8) is 0 Å². The summed E-state index contributed by atoms with van der Waals surface area (Å²) in [6.45, 7) is 9.80. The van der Waals surface area contributed by atoms with Crippen molar-refractivity contribution in [3.05, 3.63) is 101 Å². The molecule has 0 fully saturated rings. The van der Waals surface area contributed by atoms with E-state index >= 15 is 0 Å². The number of nitrogens with zero attached hydrogens (tertiary/aromatic N) is 3. The molecule has 0 amide bonds. The number of nitrogens with one attached hydrogen (secondary N) is 2.